The zero-order valence-electron chi connectivity index (χ0n) is 17.4. The van der Waals surface area contributed by atoms with Crippen molar-refractivity contribution in [3.05, 3.63) is 59.9 Å². The van der Waals surface area contributed by atoms with Crippen LogP contribution in [0.5, 0.6) is 5.75 Å². The molecule has 0 bridgehead atoms. The van der Waals surface area contributed by atoms with Crippen LogP contribution in [-0.4, -0.2) is 55.7 Å². The molecule has 5 rings (SSSR count). The van der Waals surface area contributed by atoms with E-state index >= 15 is 0 Å². The monoisotopic (exact) mass is 420 g/mol. The number of anilines is 1. The number of morpholine rings is 1. The minimum atomic E-state index is -0.735. The Morgan fingerprint density at radius 2 is 1.90 bits per heavy atom. The van der Waals surface area contributed by atoms with Crippen LogP contribution in [0.25, 0.3) is 11.0 Å². The fourth-order valence-electron chi connectivity index (χ4n) is 4.17. The average molecular weight is 420 g/mol. The van der Waals surface area contributed by atoms with E-state index < -0.39 is 6.10 Å². The predicted molar refractivity (Wildman–Crippen MR) is 115 cm³/mol. The van der Waals surface area contributed by atoms with Crippen LogP contribution in [0.15, 0.2) is 53.1 Å². The molecule has 0 N–H and O–H groups in total. The van der Waals surface area contributed by atoms with Gasteiger partial charge in [-0.25, -0.2) is 0 Å². The van der Waals surface area contributed by atoms with Gasteiger partial charge >= 0.3 is 0 Å². The zero-order chi connectivity index (χ0) is 21.4. The third-order valence-corrected chi connectivity index (χ3v) is 5.83. The van der Waals surface area contributed by atoms with Crippen LogP contribution in [-0.2, 0) is 20.7 Å². The van der Waals surface area contributed by atoms with Crippen LogP contribution in [0.4, 0.5) is 5.69 Å². The molecule has 2 amide bonds. The lowest BCUT2D eigenvalue weighted by molar-refractivity contribution is -0.142. The summed E-state index contributed by atoms with van der Waals surface area (Å²) in [7, 11) is 0. The van der Waals surface area contributed by atoms with Gasteiger partial charge in [-0.1, -0.05) is 24.3 Å². The van der Waals surface area contributed by atoms with E-state index in [1.165, 1.54) is 0 Å². The lowest BCUT2D eigenvalue weighted by Gasteiger charge is -2.37. The average Bonchev–Trinajstić information content (AvgIpc) is 3.19. The van der Waals surface area contributed by atoms with Crippen molar-refractivity contribution in [1.82, 2.24) is 4.90 Å². The van der Waals surface area contributed by atoms with Gasteiger partial charge < -0.3 is 23.7 Å². The summed E-state index contributed by atoms with van der Waals surface area (Å²) in [5.41, 5.74) is 3.39. The van der Waals surface area contributed by atoms with Crippen LogP contribution >= 0.6 is 0 Å². The molecule has 0 aliphatic carbocycles. The molecule has 3 aromatic rings. The summed E-state index contributed by atoms with van der Waals surface area (Å²) in [5.74, 6) is 0.333. The maximum Gasteiger partial charge on any atom is 0.265 e. The highest BCUT2D eigenvalue weighted by molar-refractivity contribution is 6.00. The fraction of sp³-hybridized carbons (Fsp3) is 0.333. The zero-order valence-corrected chi connectivity index (χ0v) is 17.4. The van der Waals surface area contributed by atoms with Crippen molar-refractivity contribution in [3.8, 4) is 5.75 Å². The van der Waals surface area contributed by atoms with Crippen LogP contribution in [0.2, 0.25) is 0 Å². The first-order chi connectivity index (χ1) is 15.1. The normalized spacial score (nSPS) is 18.5. The maximum absolute atomic E-state index is 13.4. The molecular formula is C24H24N2O5. The number of aryl methyl sites for hydroxylation is 1. The molecule has 2 aliphatic heterocycles. The van der Waals surface area contributed by atoms with Gasteiger partial charge in [0.15, 0.2) is 6.10 Å². The SMILES string of the molecule is Cc1ccc2c(CC(=O)N3C[C@@H](C(=O)N4CCOCC4)Oc4ccccc43)coc2c1. The molecule has 7 heteroatoms. The van der Waals surface area contributed by atoms with E-state index in [1.807, 2.05) is 43.3 Å². The lowest BCUT2D eigenvalue weighted by atomic mass is 10.1. The Balaban J connectivity index is 1.40. The van der Waals surface area contributed by atoms with Crippen molar-refractivity contribution >= 4 is 28.5 Å². The second-order valence-corrected chi connectivity index (χ2v) is 7.95. The van der Waals surface area contributed by atoms with Gasteiger partial charge in [0.25, 0.3) is 5.91 Å². The van der Waals surface area contributed by atoms with Crippen molar-refractivity contribution < 1.29 is 23.5 Å². The highest BCUT2D eigenvalue weighted by atomic mass is 16.5. The molecule has 31 heavy (non-hydrogen) atoms. The van der Waals surface area contributed by atoms with Gasteiger partial charge in [-0.3, -0.25) is 9.59 Å². The van der Waals surface area contributed by atoms with Gasteiger partial charge in [0, 0.05) is 24.0 Å². The molecule has 2 aromatic carbocycles. The topological polar surface area (TPSA) is 72.2 Å². The van der Waals surface area contributed by atoms with Crippen LogP contribution in [0, 0.1) is 6.92 Å². The standard InChI is InChI=1S/C24H24N2O5/c1-16-6-7-18-17(15-30-21(18)12-16)13-23(27)26-14-22(24(28)25-8-10-29-11-9-25)31-20-5-3-2-4-19(20)26/h2-7,12,15,22H,8-11,13-14H2,1H3/t22-/m0/s1. The Kier molecular flexibility index (Phi) is 5.11. The molecular weight excluding hydrogens is 396 g/mol. The van der Waals surface area contributed by atoms with Crippen LogP contribution < -0.4 is 9.64 Å². The maximum atomic E-state index is 13.4. The summed E-state index contributed by atoms with van der Waals surface area (Å²) in [6.07, 6.45) is 1.09. The van der Waals surface area contributed by atoms with E-state index in [4.69, 9.17) is 13.9 Å². The van der Waals surface area contributed by atoms with Gasteiger partial charge in [-0.05, 0) is 30.7 Å². The van der Waals surface area contributed by atoms with E-state index in [1.54, 1.807) is 22.1 Å². The third kappa shape index (κ3) is 3.77. The first-order valence-electron chi connectivity index (χ1n) is 10.5. The smallest absolute Gasteiger partial charge is 0.265 e. The van der Waals surface area contributed by atoms with Crippen LogP contribution in [0.3, 0.4) is 0 Å². The van der Waals surface area contributed by atoms with E-state index in [2.05, 4.69) is 0 Å². The molecule has 160 valence electrons. The lowest BCUT2D eigenvalue weighted by Crippen LogP contribution is -2.54. The number of fused-ring (bicyclic) bond motifs is 2. The van der Waals surface area contributed by atoms with Crippen molar-refractivity contribution in [1.29, 1.82) is 0 Å². The second-order valence-electron chi connectivity index (χ2n) is 7.95. The van der Waals surface area contributed by atoms with E-state index in [0.717, 1.165) is 22.1 Å². The number of carbonyl (C=O) groups is 2. The van der Waals surface area contributed by atoms with E-state index in [9.17, 15) is 9.59 Å². The summed E-state index contributed by atoms with van der Waals surface area (Å²) in [6.45, 7) is 4.29. The largest absolute Gasteiger partial charge is 0.476 e. The highest BCUT2D eigenvalue weighted by Crippen LogP contribution is 2.34. The molecule has 0 spiro atoms. The number of carbonyl (C=O) groups excluding carboxylic acids is 2. The number of amides is 2. The number of benzene rings is 2. The van der Waals surface area contributed by atoms with Crippen LogP contribution in [0.1, 0.15) is 11.1 Å². The number of hydrogen-bond acceptors (Lipinski definition) is 5. The molecule has 0 saturated carbocycles. The molecule has 1 atom stereocenters. The molecule has 2 aliphatic rings. The summed E-state index contributed by atoms with van der Waals surface area (Å²) in [6, 6.07) is 13.3. The van der Waals surface area contributed by atoms with Crippen molar-refractivity contribution in [2.75, 3.05) is 37.7 Å². The molecule has 3 heterocycles. The minimum absolute atomic E-state index is 0.0983. The summed E-state index contributed by atoms with van der Waals surface area (Å²) >= 11 is 0. The van der Waals surface area contributed by atoms with Gasteiger partial charge in [-0.2, -0.15) is 0 Å². The predicted octanol–water partition coefficient (Wildman–Crippen LogP) is 2.94. The van der Waals surface area contributed by atoms with Crippen molar-refractivity contribution in [2.45, 2.75) is 19.4 Å². The number of ether oxygens (including phenoxy) is 2. The van der Waals surface area contributed by atoms with Gasteiger partial charge in [0.05, 0.1) is 38.1 Å². The van der Waals surface area contributed by atoms with Crippen molar-refractivity contribution in [2.24, 2.45) is 0 Å². The third-order valence-electron chi connectivity index (χ3n) is 5.83. The van der Waals surface area contributed by atoms with E-state index in [-0.39, 0.29) is 24.8 Å². The number of para-hydroxylation sites is 2. The number of rotatable bonds is 3. The molecule has 0 radical (unpaired) electrons. The summed E-state index contributed by atoms with van der Waals surface area (Å²) < 4.78 is 17.0. The second kappa shape index (κ2) is 8.07. The Labute approximate surface area is 180 Å². The minimum Gasteiger partial charge on any atom is -0.476 e. The Morgan fingerprint density at radius 3 is 2.74 bits per heavy atom. The van der Waals surface area contributed by atoms with Crippen molar-refractivity contribution in [3.63, 3.8) is 0 Å². The molecule has 7 nitrogen and oxygen atoms in total. The molecule has 0 unspecified atom stereocenters. The number of nitrogens with zero attached hydrogens (tertiary/aromatic N) is 2. The molecule has 1 fully saturated rings. The fourth-order valence-corrected chi connectivity index (χ4v) is 4.17. The molecule has 1 saturated heterocycles. The summed E-state index contributed by atoms with van der Waals surface area (Å²) in [5, 5.41) is 0.932. The molecule has 1 aromatic heterocycles. The number of furan rings is 1. The quantitative estimate of drug-likeness (QED) is 0.652. The Hall–Kier alpha value is -3.32. The first kappa shape index (κ1) is 19.6. The first-order valence-corrected chi connectivity index (χ1v) is 10.5. The Bertz CT molecular complexity index is 1130. The van der Waals surface area contributed by atoms with E-state index in [0.29, 0.717) is 37.7 Å². The summed E-state index contributed by atoms with van der Waals surface area (Å²) in [4.78, 5) is 29.8. The van der Waals surface area contributed by atoms with Gasteiger partial charge in [0.2, 0.25) is 5.91 Å². The van der Waals surface area contributed by atoms with Gasteiger partial charge in [-0.15, -0.1) is 0 Å². The Morgan fingerprint density at radius 1 is 1.10 bits per heavy atom. The van der Waals surface area contributed by atoms with Gasteiger partial charge in [0.1, 0.15) is 11.3 Å². The highest BCUT2D eigenvalue weighted by Gasteiger charge is 2.36. The number of hydrogen-bond donors (Lipinski definition) is 0.